The average molecular weight is 398 g/mol. The number of hydrogen-bond acceptors (Lipinski definition) is 4. The van der Waals surface area contributed by atoms with Gasteiger partial charge in [-0.2, -0.15) is 4.99 Å². The van der Waals surface area contributed by atoms with Crippen LogP contribution in [0.25, 0.3) is 0 Å². The number of nitrogens with one attached hydrogen (secondary N) is 1. The van der Waals surface area contributed by atoms with E-state index in [1.165, 1.54) is 28.2 Å². The van der Waals surface area contributed by atoms with Gasteiger partial charge in [0, 0.05) is 24.0 Å². The number of carbonyl (C=O) groups excluding carboxylic acids is 2. The summed E-state index contributed by atoms with van der Waals surface area (Å²) in [4.78, 5) is 29.8. The lowest BCUT2D eigenvalue weighted by molar-refractivity contribution is -0.117. The van der Waals surface area contributed by atoms with Gasteiger partial charge in [0.1, 0.15) is 0 Å². The zero-order chi connectivity index (χ0) is 18.8. The number of aromatic nitrogens is 1. The van der Waals surface area contributed by atoms with Crippen molar-refractivity contribution in [3.8, 4) is 0 Å². The third-order valence-electron chi connectivity index (χ3n) is 4.34. The maximum Gasteiger partial charge on any atom is 0.289 e. The van der Waals surface area contributed by atoms with Crippen molar-refractivity contribution in [2.24, 2.45) is 10.9 Å². The van der Waals surface area contributed by atoms with Crippen molar-refractivity contribution in [2.75, 3.05) is 5.32 Å². The van der Waals surface area contributed by atoms with Crippen LogP contribution in [-0.4, -0.2) is 16.4 Å². The SMILES string of the molecule is Cc1ccc(Cn2ccsc2=NC(=O)c2ccc(NC(=O)C3CC3)s2)cc1. The lowest BCUT2D eigenvalue weighted by atomic mass is 10.1. The van der Waals surface area contributed by atoms with E-state index in [1.807, 2.05) is 16.1 Å². The van der Waals surface area contributed by atoms with Crippen molar-refractivity contribution >= 4 is 39.5 Å². The fourth-order valence-electron chi connectivity index (χ4n) is 2.63. The Labute approximate surface area is 165 Å². The molecule has 0 aliphatic heterocycles. The number of thiazole rings is 1. The molecule has 138 valence electrons. The largest absolute Gasteiger partial charge is 0.319 e. The monoisotopic (exact) mass is 397 g/mol. The quantitative estimate of drug-likeness (QED) is 0.706. The number of nitrogens with zero attached hydrogens (tertiary/aromatic N) is 2. The van der Waals surface area contributed by atoms with Gasteiger partial charge >= 0.3 is 0 Å². The molecule has 0 bridgehead atoms. The minimum absolute atomic E-state index is 0.0435. The lowest BCUT2D eigenvalue weighted by Crippen LogP contribution is -2.16. The smallest absolute Gasteiger partial charge is 0.289 e. The van der Waals surface area contributed by atoms with E-state index in [4.69, 9.17) is 0 Å². The molecule has 1 aromatic carbocycles. The van der Waals surface area contributed by atoms with Gasteiger partial charge in [0.15, 0.2) is 4.80 Å². The topological polar surface area (TPSA) is 63.5 Å². The number of aryl methyl sites for hydroxylation is 1. The van der Waals surface area contributed by atoms with Gasteiger partial charge in [0.2, 0.25) is 5.91 Å². The molecule has 1 aliphatic rings. The van der Waals surface area contributed by atoms with Crippen molar-refractivity contribution in [1.29, 1.82) is 0 Å². The van der Waals surface area contributed by atoms with Crippen LogP contribution in [0.1, 0.15) is 33.6 Å². The normalized spacial score (nSPS) is 14.3. The molecule has 2 heterocycles. The highest BCUT2D eigenvalue weighted by Gasteiger charge is 2.29. The molecule has 1 aliphatic carbocycles. The fourth-order valence-corrected chi connectivity index (χ4v) is 4.15. The van der Waals surface area contributed by atoms with Gasteiger partial charge in [-0.3, -0.25) is 9.59 Å². The Balaban J connectivity index is 1.49. The number of anilines is 1. The number of carbonyl (C=O) groups is 2. The summed E-state index contributed by atoms with van der Waals surface area (Å²) in [6.07, 6.45) is 3.85. The molecule has 0 unspecified atom stereocenters. The molecule has 0 spiro atoms. The van der Waals surface area contributed by atoms with Gasteiger partial charge in [0.25, 0.3) is 5.91 Å². The van der Waals surface area contributed by atoms with E-state index in [-0.39, 0.29) is 17.7 Å². The van der Waals surface area contributed by atoms with E-state index < -0.39 is 0 Å². The van der Waals surface area contributed by atoms with Crippen molar-refractivity contribution in [3.05, 3.63) is 68.8 Å². The van der Waals surface area contributed by atoms with E-state index in [2.05, 4.69) is 41.5 Å². The molecular weight excluding hydrogens is 378 g/mol. The molecule has 27 heavy (non-hydrogen) atoms. The van der Waals surface area contributed by atoms with Crippen LogP contribution in [0.15, 0.2) is 53.0 Å². The highest BCUT2D eigenvalue weighted by Crippen LogP contribution is 2.31. The number of benzene rings is 1. The van der Waals surface area contributed by atoms with Crippen LogP contribution in [0.3, 0.4) is 0 Å². The summed E-state index contributed by atoms with van der Waals surface area (Å²) in [6.45, 7) is 2.73. The summed E-state index contributed by atoms with van der Waals surface area (Å²) >= 11 is 2.70. The molecule has 4 rings (SSSR count). The van der Waals surface area contributed by atoms with Crippen molar-refractivity contribution < 1.29 is 9.59 Å². The highest BCUT2D eigenvalue weighted by atomic mass is 32.1. The first-order chi connectivity index (χ1) is 13.1. The summed E-state index contributed by atoms with van der Waals surface area (Å²) in [5, 5.41) is 5.49. The van der Waals surface area contributed by atoms with Gasteiger partial charge in [-0.15, -0.1) is 22.7 Å². The summed E-state index contributed by atoms with van der Waals surface area (Å²) in [7, 11) is 0. The predicted molar refractivity (Wildman–Crippen MR) is 108 cm³/mol. The molecule has 2 amide bonds. The first kappa shape index (κ1) is 17.9. The van der Waals surface area contributed by atoms with E-state index >= 15 is 0 Å². The molecule has 5 nitrogen and oxygen atoms in total. The number of thiophene rings is 1. The number of amides is 2. The van der Waals surface area contributed by atoms with E-state index in [0.29, 0.717) is 21.2 Å². The zero-order valence-corrected chi connectivity index (χ0v) is 16.5. The van der Waals surface area contributed by atoms with E-state index in [9.17, 15) is 9.59 Å². The van der Waals surface area contributed by atoms with Gasteiger partial charge in [-0.25, -0.2) is 0 Å². The number of hydrogen-bond donors (Lipinski definition) is 1. The van der Waals surface area contributed by atoms with Crippen LogP contribution in [0.2, 0.25) is 0 Å². The first-order valence-corrected chi connectivity index (χ1v) is 10.5. The second-order valence-electron chi connectivity index (χ2n) is 6.64. The molecule has 2 aromatic heterocycles. The number of rotatable bonds is 5. The molecular formula is C20H19N3O2S2. The van der Waals surface area contributed by atoms with Gasteiger partial charge in [-0.1, -0.05) is 29.8 Å². The van der Waals surface area contributed by atoms with Gasteiger partial charge in [0.05, 0.1) is 9.88 Å². The third kappa shape index (κ3) is 4.43. The van der Waals surface area contributed by atoms with Crippen LogP contribution >= 0.6 is 22.7 Å². The van der Waals surface area contributed by atoms with Crippen molar-refractivity contribution in [2.45, 2.75) is 26.3 Å². The van der Waals surface area contributed by atoms with E-state index in [1.54, 1.807) is 12.1 Å². The van der Waals surface area contributed by atoms with Crippen molar-refractivity contribution in [3.63, 3.8) is 0 Å². The second kappa shape index (κ2) is 7.62. The minimum Gasteiger partial charge on any atom is -0.319 e. The maximum absolute atomic E-state index is 12.5. The van der Waals surface area contributed by atoms with Crippen LogP contribution in [0.4, 0.5) is 5.00 Å². The highest BCUT2D eigenvalue weighted by molar-refractivity contribution is 7.18. The summed E-state index contributed by atoms with van der Waals surface area (Å²) in [6, 6.07) is 11.8. The van der Waals surface area contributed by atoms with Crippen LogP contribution in [0.5, 0.6) is 0 Å². The Kier molecular flexibility index (Phi) is 5.05. The molecule has 0 atom stereocenters. The van der Waals surface area contributed by atoms with Crippen LogP contribution in [-0.2, 0) is 11.3 Å². The Morgan fingerprint density at radius 3 is 2.70 bits per heavy atom. The molecule has 0 saturated heterocycles. The Morgan fingerprint density at radius 2 is 1.96 bits per heavy atom. The first-order valence-electron chi connectivity index (χ1n) is 8.78. The van der Waals surface area contributed by atoms with Crippen LogP contribution in [0, 0.1) is 12.8 Å². The molecule has 1 saturated carbocycles. The molecule has 1 fully saturated rings. The summed E-state index contributed by atoms with van der Waals surface area (Å²) < 4.78 is 1.97. The molecule has 7 heteroatoms. The average Bonchev–Trinajstić information content (AvgIpc) is 3.27. The second-order valence-corrected chi connectivity index (χ2v) is 8.60. The zero-order valence-electron chi connectivity index (χ0n) is 14.8. The van der Waals surface area contributed by atoms with Gasteiger partial charge < -0.3 is 9.88 Å². The molecule has 3 aromatic rings. The van der Waals surface area contributed by atoms with Crippen molar-refractivity contribution in [1.82, 2.24) is 4.57 Å². The minimum atomic E-state index is -0.285. The molecule has 1 N–H and O–H groups in total. The maximum atomic E-state index is 12.5. The predicted octanol–water partition coefficient (Wildman–Crippen LogP) is 4.06. The third-order valence-corrected chi connectivity index (χ3v) is 6.13. The Hall–Kier alpha value is -2.51. The Bertz CT molecular complexity index is 1040. The molecule has 0 radical (unpaired) electrons. The Morgan fingerprint density at radius 1 is 1.19 bits per heavy atom. The summed E-state index contributed by atoms with van der Waals surface area (Å²) in [5.74, 6) is -0.100. The van der Waals surface area contributed by atoms with Gasteiger partial charge in [-0.05, 0) is 37.5 Å². The fraction of sp³-hybridized carbons (Fsp3) is 0.250. The lowest BCUT2D eigenvalue weighted by Gasteiger charge is -2.03. The van der Waals surface area contributed by atoms with Crippen LogP contribution < -0.4 is 10.1 Å². The van der Waals surface area contributed by atoms with E-state index in [0.717, 1.165) is 18.4 Å². The standard InChI is InChI=1S/C20H19N3O2S2/c1-13-2-4-14(5-3-13)12-23-10-11-26-20(23)22-19(25)16-8-9-17(27-16)21-18(24)15-6-7-15/h2-5,8-11,15H,6-7,12H2,1H3,(H,21,24). The summed E-state index contributed by atoms with van der Waals surface area (Å²) in [5.41, 5.74) is 2.38.